The van der Waals surface area contributed by atoms with Crippen LogP contribution in [0.1, 0.15) is 19.4 Å². The van der Waals surface area contributed by atoms with Crippen LogP contribution in [0.5, 0.6) is 0 Å². The maximum absolute atomic E-state index is 11.8. The van der Waals surface area contributed by atoms with Crippen LogP contribution in [0, 0.1) is 0 Å². The van der Waals surface area contributed by atoms with Crippen LogP contribution < -0.4 is 10.8 Å². The van der Waals surface area contributed by atoms with Gasteiger partial charge in [0.05, 0.1) is 0 Å². The molecule has 0 radical (unpaired) electrons. The highest BCUT2D eigenvalue weighted by atomic mass is 16.7. The normalized spacial score (nSPS) is 12.6. The quantitative estimate of drug-likeness (QED) is 0.584. The van der Waals surface area contributed by atoms with Crippen molar-refractivity contribution in [3.8, 4) is 0 Å². The molecule has 2 amide bonds. The Kier molecular flexibility index (Phi) is 7.37. The van der Waals surface area contributed by atoms with Gasteiger partial charge in [0.15, 0.2) is 5.78 Å². The first kappa shape index (κ1) is 19.1. The van der Waals surface area contributed by atoms with Crippen molar-refractivity contribution in [2.75, 3.05) is 0 Å². The van der Waals surface area contributed by atoms with E-state index in [1.807, 2.05) is 5.48 Å². The van der Waals surface area contributed by atoms with Crippen LogP contribution in [0.4, 0.5) is 4.79 Å². The molecule has 0 aliphatic carbocycles. The molecule has 0 heterocycles. The van der Waals surface area contributed by atoms with E-state index in [1.54, 1.807) is 30.3 Å². The molecule has 0 aromatic heterocycles. The number of alkyl carbamates (subject to hydrolysis) is 1. The second-order valence-corrected chi connectivity index (χ2v) is 4.83. The molecule has 0 saturated carbocycles. The van der Waals surface area contributed by atoms with Gasteiger partial charge in [0, 0.05) is 6.92 Å². The smallest absolute Gasteiger partial charge is 0.408 e. The third-order valence-electron chi connectivity index (χ3n) is 2.80. The summed E-state index contributed by atoms with van der Waals surface area (Å²) >= 11 is 0. The number of nitrogens with one attached hydrogen (secondary N) is 2. The molecule has 0 saturated heterocycles. The summed E-state index contributed by atoms with van der Waals surface area (Å²) in [7, 11) is 0. The number of benzene rings is 1. The lowest BCUT2D eigenvalue weighted by molar-refractivity contribution is -0.164. The zero-order valence-electron chi connectivity index (χ0n) is 13.1. The van der Waals surface area contributed by atoms with Crippen LogP contribution in [0.2, 0.25) is 0 Å². The van der Waals surface area contributed by atoms with Crippen LogP contribution in [0.3, 0.4) is 0 Å². The molecule has 24 heavy (non-hydrogen) atoms. The van der Waals surface area contributed by atoms with Crippen LogP contribution in [0.15, 0.2) is 30.3 Å². The zero-order valence-corrected chi connectivity index (χ0v) is 13.1. The van der Waals surface area contributed by atoms with E-state index in [4.69, 9.17) is 9.84 Å². The molecule has 0 fully saturated rings. The first-order chi connectivity index (χ1) is 11.3. The van der Waals surface area contributed by atoms with Crippen molar-refractivity contribution in [2.24, 2.45) is 0 Å². The summed E-state index contributed by atoms with van der Waals surface area (Å²) in [4.78, 5) is 50.1. The van der Waals surface area contributed by atoms with E-state index in [0.717, 1.165) is 19.4 Å². The largest absolute Gasteiger partial charge is 0.479 e. The Morgan fingerprint density at radius 3 is 2.25 bits per heavy atom. The number of hydrogen-bond acceptors (Lipinski definition) is 6. The molecule has 9 nitrogen and oxygen atoms in total. The van der Waals surface area contributed by atoms with Crippen LogP contribution >= 0.6 is 0 Å². The number of ether oxygens (including phenoxy) is 1. The van der Waals surface area contributed by atoms with E-state index in [0.29, 0.717) is 0 Å². The Hall–Kier alpha value is -2.94. The summed E-state index contributed by atoms with van der Waals surface area (Å²) in [6.45, 7) is 2.13. The first-order valence-corrected chi connectivity index (χ1v) is 6.94. The molecular formula is C15H18N2O7. The van der Waals surface area contributed by atoms with E-state index in [1.165, 1.54) is 0 Å². The average molecular weight is 338 g/mol. The predicted molar refractivity (Wildman–Crippen MR) is 80.6 cm³/mol. The fourth-order valence-corrected chi connectivity index (χ4v) is 1.69. The summed E-state index contributed by atoms with van der Waals surface area (Å²) in [6.07, 6.45) is -2.78. The number of carbonyl (C=O) groups excluding carboxylic acids is 3. The number of hydrogen-bond donors (Lipinski definition) is 3. The monoisotopic (exact) mass is 338 g/mol. The number of amides is 2. The van der Waals surface area contributed by atoms with Crippen molar-refractivity contribution in [3.63, 3.8) is 0 Å². The third-order valence-corrected chi connectivity index (χ3v) is 2.80. The zero-order chi connectivity index (χ0) is 18.1. The lowest BCUT2D eigenvalue weighted by Gasteiger charge is -2.22. The van der Waals surface area contributed by atoms with Crippen LogP contribution in [-0.2, 0) is 30.6 Å². The number of carbonyl (C=O) groups is 4. The summed E-state index contributed by atoms with van der Waals surface area (Å²) in [6, 6.07) is 7.25. The molecule has 3 N–H and O–H groups in total. The number of hydroxylamine groups is 1. The Bertz CT molecular complexity index is 603. The second-order valence-electron chi connectivity index (χ2n) is 4.83. The minimum Gasteiger partial charge on any atom is -0.479 e. The van der Waals surface area contributed by atoms with Crippen molar-refractivity contribution >= 4 is 23.8 Å². The van der Waals surface area contributed by atoms with E-state index >= 15 is 0 Å². The first-order valence-electron chi connectivity index (χ1n) is 6.94. The molecule has 0 aliphatic rings. The Morgan fingerprint density at radius 2 is 1.75 bits per heavy atom. The van der Waals surface area contributed by atoms with Gasteiger partial charge in [-0.2, -0.15) is 0 Å². The van der Waals surface area contributed by atoms with Gasteiger partial charge in [0.25, 0.3) is 0 Å². The van der Waals surface area contributed by atoms with Crippen molar-refractivity contribution in [3.05, 3.63) is 35.9 Å². The van der Waals surface area contributed by atoms with Gasteiger partial charge in [-0.05, 0) is 12.5 Å². The fraction of sp³-hybridized carbons (Fsp3) is 0.333. The highest BCUT2D eigenvalue weighted by Gasteiger charge is 2.35. The van der Waals surface area contributed by atoms with Crippen molar-refractivity contribution in [1.29, 1.82) is 0 Å². The molecule has 9 heteroatoms. The Balaban J connectivity index is 2.68. The van der Waals surface area contributed by atoms with Gasteiger partial charge in [-0.25, -0.2) is 15.1 Å². The molecular weight excluding hydrogens is 320 g/mol. The maximum atomic E-state index is 11.8. The van der Waals surface area contributed by atoms with Gasteiger partial charge in [-0.3, -0.25) is 14.4 Å². The minimum atomic E-state index is -1.80. The van der Waals surface area contributed by atoms with E-state index in [9.17, 15) is 19.2 Å². The van der Waals surface area contributed by atoms with E-state index in [2.05, 4.69) is 10.2 Å². The van der Waals surface area contributed by atoms with Crippen LogP contribution in [-0.4, -0.2) is 41.0 Å². The maximum Gasteiger partial charge on any atom is 0.408 e. The standard InChI is InChI=1S/C15H18N2O7/c1-9(18)12(13(14(20)21)24-17-10(2)19)16-15(22)23-8-11-6-4-3-5-7-11/h3-7,12-13H,8H2,1-2H3,(H,16,22)(H,17,19)(H,20,21). The molecule has 0 spiro atoms. The summed E-state index contributed by atoms with van der Waals surface area (Å²) < 4.78 is 4.93. The minimum absolute atomic E-state index is 0.0540. The van der Waals surface area contributed by atoms with Crippen molar-refractivity contribution in [2.45, 2.75) is 32.6 Å². The molecule has 0 aliphatic heterocycles. The average Bonchev–Trinajstić information content (AvgIpc) is 2.52. The molecule has 1 rings (SSSR count). The molecule has 1 aromatic rings. The lowest BCUT2D eigenvalue weighted by atomic mass is 10.1. The number of carboxylic acids is 1. The lowest BCUT2D eigenvalue weighted by Crippen LogP contribution is -2.54. The van der Waals surface area contributed by atoms with Crippen molar-refractivity contribution < 1.29 is 33.9 Å². The highest BCUT2D eigenvalue weighted by molar-refractivity contribution is 5.91. The van der Waals surface area contributed by atoms with E-state index < -0.39 is 35.9 Å². The summed E-state index contributed by atoms with van der Waals surface area (Å²) in [5, 5.41) is 11.2. The predicted octanol–water partition coefficient (Wildman–Crippen LogP) is 0.391. The number of carboxylic acid groups (broad SMARTS) is 1. The summed E-state index contributed by atoms with van der Waals surface area (Å²) in [5.74, 6) is -2.87. The van der Waals surface area contributed by atoms with E-state index in [-0.39, 0.29) is 6.61 Å². The topological polar surface area (TPSA) is 131 Å². The Labute approximate surface area is 137 Å². The number of ketones is 1. The number of Topliss-reactive ketones (excluding diaryl/α,β-unsaturated/α-hetero) is 1. The van der Waals surface area contributed by atoms with Gasteiger partial charge < -0.3 is 15.2 Å². The SMILES string of the molecule is CC(=O)NOC(C(=O)O)C(NC(=O)OCc1ccccc1)C(C)=O. The molecule has 130 valence electrons. The van der Waals surface area contributed by atoms with Gasteiger partial charge in [-0.1, -0.05) is 30.3 Å². The number of rotatable bonds is 8. The molecule has 0 bridgehead atoms. The van der Waals surface area contributed by atoms with Gasteiger partial charge in [0.2, 0.25) is 12.0 Å². The highest BCUT2D eigenvalue weighted by Crippen LogP contribution is 2.04. The molecule has 2 unspecified atom stereocenters. The van der Waals surface area contributed by atoms with Gasteiger partial charge in [-0.15, -0.1) is 0 Å². The molecule has 2 atom stereocenters. The Morgan fingerprint density at radius 1 is 1.12 bits per heavy atom. The second kappa shape index (κ2) is 9.26. The van der Waals surface area contributed by atoms with Gasteiger partial charge >= 0.3 is 12.1 Å². The summed E-state index contributed by atoms with van der Waals surface area (Å²) in [5.41, 5.74) is 2.55. The van der Waals surface area contributed by atoms with Gasteiger partial charge in [0.1, 0.15) is 12.6 Å². The fourth-order valence-electron chi connectivity index (χ4n) is 1.69. The third kappa shape index (κ3) is 6.44. The number of aliphatic carboxylic acids is 1. The van der Waals surface area contributed by atoms with Crippen molar-refractivity contribution in [1.82, 2.24) is 10.8 Å². The molecule has 1 aromatic carbocycles. The van der Waals surface area contributed by atoms with Crippen LogP contribution in [0.25, 0.3) is 0 Å².